The summed E-state index contributed by atoms with van der Waals surface area (Å²) in [6.07, 6.45) is 2.23. The Morgan fingerprint density at radius 1 is 1.33 bits per heavy atom. The van der Waals surface area contributed by atoms with E-state index in [9.17, 15) is 4.79 Å². The van der Waals surface area contributed by atoms with Gasteiger partial charge in [0.05, 0.1) is 5.75 Å². The lowest BCUT2D eigenvalue weighted by atomic mass is 10.3. The van der Waals surface area contributed by atoms with Crippen LogP contribution in [-0.4, -0.2) is 36.6 Å². The van der Waals surface area contributed by atoms with Crippen molar-refractivity contribution in [1.29, 1.82) is 0 Å². The van der Waals surface area contributed by atoms with Gasteiger partial charge in [0, 0.05) is 11.0 Å². The number of anilines is 1. The number of hydrogen-bond acceptors (Lipinski definition) is 8. The van der Waals surface area contributed by atoms with Gasteiger partial charge in [-0.05, 0) is 37.6 Å². The highest BCUT2D eigenvalue weighted by Crippen LogP contribution is 2.26. The Bertz CT molecular complexity index is 1000. The van der Waals surface area contributed by atoms with Crippen LogP contribution in [-0.2, 0) is 17.8 Å². The molecule has 0 saturated carbocycles. The summed E-state index contributed by atoms with van der Waals surface area (Å²) in [5, 5.41) is 21.3. The summed E-state index contributed by atoms with van der Waals surface area (Å²) < 4.78 is 8.87. The van der Waals surface area contributed by atoms with Gasteiger partial charge in [-0.15, -0.1) is 27.0 Å². The first-order valence-corrected chi connectivity index (χ1v) is 11.8. The number of aryl methyl sites for hydroxylation is 1. The topological polar surface area (TPSA) is 94.8 Å². The first-order valence-electron chi connectivity index (χ1n) is 9.21. The summed E-state index contributed by atoms with van der Waals surface area (Å²) in [5.74, 6) is 1.40. The molecule has 0 aliphatic carbocycles. The molecule has 0 aliphatic rings. The molecule has 1 N–H and O–H groups in total. The molecule has 1 amide bonds. The third-order valence-electron chi connectivity index (χ3n) is 3.90. The van der Waals surface area contributed by atoms with E-state index in [1.54, 1.807) is 6.08 Å². The van der Waals surface area contributed by atoms with Gasteiger partial charge < -0.3 is 4.74 Å². The Kier molecular flexibility index (Phi) is 8.00. The number of ether oxygens (including phenoxy) is 1. The fourth-order valence-corrected chi connectivity index (χ4v) is 4.23. The van der Waals surface area contributed by atoms with E-state index in [1.165, 1.54) is 23.1 Å². The van der Waals surface area contributed by atoms with Crippen LogP contribution in [0.1, 0.15) is 30.8 Å². The van der Waals surface area contributed by atoms with E-state index in [2.05, 4.69) is 48.2 Å². The molecule has 0 radical (unpaired) electrons. The van der Waals surface area contributed by atoms with Gasteiger partial charge in [-0.25, -0.2) is 0 Å². The van der Waals surface area contributed by atoms with Crippen molar-refractivity contribution in [1.82, 2.24) is 25.0 Å². The van der Waals surface area contributed by atoms with E-state index in [-0.39, 0.29) is 17.8 Å². The first-order chi connectivity index (χ1) is 14.5. The number of nitrogens with one attached hydrogen (secondary N) is 1. The molecule has 0 fully saturated rings. The Labute approximate surface area is 191 Å². The van der Waals surface area contributed by atoms with E-state index in [0.717, 1.165) is 21.7 Å². The number of nitrogens with zero attached hydrogens (tertiary/aromatic N) is 5. The number of thioether (sulfide) groups is 1. The number of allylic oxidation sites excluding steroid dienone is 1. The van der Waals surface area contributed by atoms with Crippen molar-refractivity contribution in [2.45, 2.75) is 38.1 Å². The predicted octanol–water partition coefficient (Wildman–Crippen LogP) is 4.51. The highest BCUT2D eigenvalue weighted by molar-refractivity contribution is 9.10. The quantitative estimate of drug-likeness (QED) is 0.317. The summed E-state index contributed by atoms with van der Waals surface area (Å²) in [5.41, 5.74) is 0. The number of benzene rings is 1. The molecular formula is C19H21BrN6O2S2. The Morgan fingerprint density at radius 2 is 2.10 bits per heavy atom. The van der Waals surface area contributed by atoms with Crippen LogP contribution in [0.15, 0.2) is 46.5 Å². The monoisotopic (exact) mass is 508 g/mol. The summed E-state index contributed by atoms with van der Waals surface area (Å²) >= 11 is 6.08. The number of halogens is 1. The van der Waals surface area contributed by atoms with Crippen LogP contribution in [0.2, 0.25) is 0 Å². The van der Waals surface area contributed by atoms with Gasteiger partial charge >= 0.3 is 0 Å². The van der Waals surface area contributed by atoms with Gasteiger partial charge in [0.1, 0.15) is 10.8 Å². The van der Waals surface area contributed by atoms with Crippen molar-refractivity contribution in [2.24, 2.45) is 0 Å². The van der Waals surface area contributed by atoms with Crippen molar-refractivity contribution in [3.8, 4) is 5.75 Å². The SMILES string of the molecule is C=CCn1c(SCC(=O)Nc2nnc(CC)s2)nnc1C(C)Oc1ccc(Br)cc1. The van der Waals surface area contributed by atoms with Gasteiger partial charge in [-0.3, -0.25) is 14.7 Å². The molecule has 1 atom stereocenters. The second kappa shape index (κ2) is 10.7. The zero-order valence-corrected chi connectivity index (χ0v) is 19.8. The minimum Gasteiger partial charge on any atom is -0.483 e. The summed E-state index contributed by atoms with van der Waals surface area (Å²) in [7, 11) is 0. The van der Waals surface area contributed by atoms with Crippen LogP contribution < -0.4 is 10.1 Å². The first kappa shape index (κ1) is 22.4. The zero-order valence-electron chi connectivity index (χ0n) is 16.5. The van der Waals surface area contributed by atoms with Crippen LogP contribution in [0.4, 0.5) is 5.13 Å². The molecule has 2 aromatic heterocycles. The fraction of sp³-hybridized carbons (Fsp3) is 0.316. The molecule has 0 aliphatic heterocycles. The van der Waals surface area contributed by atoms with Crippen LogP contribution in [0.25, 0.3) is 0 Å². The van der Waals surface area contributed by atoms with Crippen molar-refractivity contribution in [2.75, 3.05) is 11.1 Å². The number of rotatable bonds is 10. The normalized spacial score (nSPS) is 11.8. The number of amides is 1. The highest BCUT2D eigenvalue weighted by Gasteiger charge is 2.20. The molecule has 1 unspecified atom stereocenters. The van der Waals surface area contributed by atoms with Crippen LogP contribution in [0, 0.1) is 0 Å². The lowest BCUT2D eigenvalue weighted by Gasteiger charge is -2.15. The van der Waals surface area contributed by atoms with E-state index in [1.807, 2.05) is 42.7 Å². The molecule has 8 nitrogen and oxygen atoms in total. The lowest BCUT2D eigenvalue weighted by molar-refractivity contribution is -0.113. The average Bonchev–Trinajstić information content (AvgIpc) is 3.35. The van der Waals surface area contributed by atoms with Crippen LogP contribution in [0.5, 0.6) is 5.75 Å². The average molecular weight is 509 g/mol. The maximum absolute atomic E-state index is 12.3. The minimum absolute atomic E-state index is 0.173. The van der Waals surface area contributed by atoms with Gasteiger partial charge in [0.15, 0.2) is 17.1 Å². The van der Waals surface area contributed by atoms with Gasteiger partial charge in [-0.1, -0.05) is 52.0 Å². The number of carbonyl (C=O) groups is 1. The smallest absolute Gasteiger partial charge is 0.236 e. The third-order valence-corrected chi connectivity index (χ3v) is 6.37. The van der Waals surface area contributed by atoms with Crippen molar-refractivity contribution < 1.29 is 9.53 Å². The molecule has 3 rings (SSSR count). The van der Waals surface area contributed by atoms with E-state index >= 15 is 0 Å². The molecule has 0 bridgehead atoms. The second-order valence-electron chi connectivity index (χ2n) is 6.15. The third kappa shape index (κ3) is 5.89. The number of hydrogen-bond donors (Lipinski definition) is 1. The number of aromatic nitrogens is 5. The Hall–Kier alpha value is -2.24. The largest absolute Gasteiger partial charge is 0.483 e. The highest BCUT2D eigenvalue weighted by atomic mass is 79.9. The van der Waals surface area contributed by atoms with Crippen LogP contribution >= 0.6 is 39.0 Å². The molecule has 1 aromatic carbocycles. The molecule has 2 heterocycles. The van der Waals surface area contributed by atoms with Crippen molar-refractivity contribution >= 4 is 50.1 Å². The minimum atomic E-state index is -0.323. The van der Waals surface area contributed by atoms with Gasteiger partial charge in [-0.2, -0.15) is 0 Å². The van der Waals surface area contributed by atoms with Crippen molar-refractivity contribution in [3.63, 3.8) is 0 Å². The van der Waals surface area contributed by atoms with E-state index in [4.69, 9.17) is 4.74 Å². The lowest BCUT2D eigenvalue weighted by Crippen LogP contribution is -2.15. The maximum Gasteiger partial charge on any atom is 0.236 e. The number of carbonyl (C=O) groups excluding carboxylic acids is 1. The fourth-order valence-electron chi connectivity index (χ4n) is 2.51. The zero-order chi connectivity index (χ0) is 21.5. The Morgan fingerprint density at radius 3 is 2.77 bits per heavy atom. The molecular weight excluding hydrogens is 488 g/mol. The maximum atomic E-state index is 12.3. The second-order valence-corrected chi connectivity index (χ2v) is 9.07. The molecule has 158 valence electrons. The molecule has 0 spiro atoms. The van der Waals surface area contributed by atoms with Crippen LogP contribution in [0.3, 0.4) is 0 Å². The van der Waals surface area contributed by atoms with Gasteiger partial charge in [0.2, 0.25) is 11.0 Å². The summed E-state index contributed by atoms with van der Waals surface area (Å²) in [4.78, 5) is 12.3. The molecule has 0 saturated heterocycles. The molecule has 3 aromatic rings. The summed E-state index contributed by atoms with van der Waals surface area (Å²) in [6.45, 7) is 8.22. The van der Waals surface area contributed by atoms with Crippen molar-refractivity contribution in [3.05, 3.63) is 52.2 Å². The summed E-state index contributed by atoms with van der Waals surface area (Å²) in [6, 6.07) is 7.59. The van der Waals surface area contributed by atoms with E-state index in [0.29, 0.717) is 22.7 Å². The Balaban J connectivity index is 1.64. The predicted molar refractivity (Wildman–Crippen MR) is 122 cm³/mol. The molecule has 30 heavy (non-hydrogen) atoms. The van der Waals surface area contributed by atoms with Gasteiger partial charge in [0.25, 0.3) is 0 Å². The van der Waals surface area contributed by atoms with E-state index < -0.39 is 0 Å². The molecule has 11 heteroatoms. The standard InChI is InChI=1S/C19H21BrN6O2S2/c1-4-10-26-17(12(3)28-14-8-6-13(20)7-9-14)23-25-19(26)29-11-15(27)21-18-24-22-16(5-2)30-18/h4,6-9,12H,1,5,10-11H2,2-3H3,(H,21,24,27).